The number of amides is 1. The Morgan fingerprint density at radius 3 is 2.61 bits per heavy atom. The number of carbonyl (C=O) groups is 1. The van der Waals surface area contributed by atoms with Crippen LogP contribution in [-0.4, -0.2) is 43.4 Å². The molecule has 1 amide bonds. The first kappa shape index (κ1) is 16.2. The van der Waals surface area contributed by atoms with Gasteiger partial charge in [0.15, 0.2) is 9.84 Å². The van der Waals surface area contributed by atoms with E-state index < -0.39 is 9.84 Å². The molecular weight excluding hydrogens is 314 g/mol. The van der Waals surface area contributed by atoms with E-state index in [2.05, 4.69) is 15.2 Å². The molecule has 1 saturated carbocycles. The molecule has 0 bridgehead atoms. The zero-order valence-electron chi connectivity index (χ0n) is 13.4. The van der Waals surface area contributed by atoms with E-state index in [1.165, 1.54) is 0 Å². The van der Waals surface area contributed by atoms with Gasteiger partial charge in [0, 0.05) is 18.5 Å². The minimum absolute atomic E-state index is 0.0159. The second kappa shape index (κ2) is 6.47. The third kappa shape index (κ3) is 3.65. The molecule has 2 aliphatic rings. The number of hydrogen-bond donors (Lipinski definition) is 1. The Balaban J connectivity index is 1.66. The number of hydrogen-bond acceptors (Lipinski definition) is 5. The molecule has 6 nitrogen and oxygen atoms in total. The standard InChI is InChI=1S/C16H23N3O3S/c1-2-19(14-8-9-23(21,22)11-14)13-6-7-15(17-10-13)18-16(20)12-4-3-5-12/h6-7,10,12,14H,2-5,8-9,11H2,1H3,(H,17,18,20). The topological polar surface area (TPSA) is 79.4 Å². The van der Waals surface area contributed by atoms with E-state index >= 15 is 0 Å². The summed E-state index contributed by atoms with van der Waals surface area (Å²) in [5.74, 6) is 1.21. The van der Waals surface area contributed by atoms with Gasteiger partial charge in [-0.1, -0.05) is 6.42 Å². The minimum Gasteiger partial charge on any atom is -0.367 e. The summed E-state index contributed by atoms with van der Waals surface area (Å²) >= 11 is 0. The van der Waals surface area contributed by atoms with Crippen molar-refractivity contribution in [2.24, 2.45) is 5.92 Å². The number of aromatic nitrogens is 1. The van der Waals surface area contributed by atoms with E-state index in [4.69, 9.17) is 0 Å². The predicted octanol–water partition coefficient (Wildman–Crippen LogP) is 1.83. The molecule has 0 spiro atoms. The summed E-state index contributed by atoms with van der Waals surface area (Å²) in [6.07, 6.45) is 5.43. The summed E-state index contributed by atoms with van der Waals surface area (Å²) in [6.45, 7) is 2.74. The Labute approximate surface area is 137 Å². The molecule has 1 N–H and O–H groups in total. The molecule has 2 heterocycles. The predicted molar refractivity (Wildman–Crippen MR) is 90.3 cm³/mol. The van der Waals surface area contributed by atoms with Crippen LogP contribution in [0, 0.1) is 5.92 Å². The summed E-state index contributed by atoms with van der Waals surface area (Å²) in [6, 6.07) is 3.71. The van der Waals surface area contributed by atoms with Crippen LogP contribution >= 0.6 is 0 Å². The van der Waals surface area contributed by atoms with Gasteiger partial charge in [0.25, 0.3) is 0 Å². The zero-order valence-corrected chi connectivity index (χ0v) is 14.2. The van der Waals surface area contributed by atoms with E-state index in [-0.39, 0.29) is 29.4 Å². The second-order valence-electron chi connectivity index (χ2n) is 6.36. The number of anilines is 2. The summed E-state index contributed by atoms with van der Waals surface area (Å²) in [5.41, 5.74) is 0.899. The molecule has 1 aliphatic carbocycles. The molecule has 0 aromatic carbocycles. The highest BCUT2D eigenvalue weighted by molar-refractivity contribution is 7.91. The average Bonchev–Trinajstić information content (AvgIpc) is 2.79. The van der Waals surface area contributed by atoms with Crippen LogP contribution in [0.1, 0.15) is 32.6 Å². The molecule has 7 heteroatoms. The van der Waals surface area contributed by atoms with Crippen LogP contribution in [-0.2, 0) is 14.6 Å². The van der Waals surface area contributed by atoms with Crippen molar-refractivity contribution in [2.45, 2.75) is 38.6 Å². The monoisotopic (exact) mass is 337 g/mol. The molecule has 23 heavy (non-hydrogen) atoms. The minimum atomic E-state index is -2.91. The third-order valence-corrected chi connectivity index (χ3v) is 6.55. The lowest BCUT2D eigenvalue weighted by Gasteiger charge is -2.29. The SMILES string of the molecule is CCN(c1ccc(NC(=O)C2CCC2)nc1)C1CCS(=O)(=O)C1. The molecule has 1 aliphatic heterocycles. The van der Waals surface area contributed by atoms with Crippen LogP contribution in [0.15, 0.2) is 18.3 Å². The van der Waals surface area contributed by atoms with E-state index in [1.807, 2.05) is 13.0 Å². The van der Waals surface area contributed by atoms with Gasteiger partial charge in [0.1, 0.15) is 5.82 Å². The van der Waals surface area contributed by atoms with Crippen molar-refractivity contribution in [3.8, 4) is 0 Å². The lowest BCUT2D eigenvalue weighted by molar-refractivity contribution is -0.122. The highest BCUT2D eigenvalue weighted by Crippen LogP contribution is 2.28. The molecule has 2 fully saturated rings. The fourth-order valence-electron chi connectivity index (χ4n) is 3.20. The third-order valence-electron chi connectivity index (χ3n) is 4.80. The summed E-state index contributed by atoms with van der Waals surface area (Å²) in [5, 5.41) is 2.85. The molecule has 3 rings (SSSR count). The fraction of sp³-hybridized carbons (Fsp3) is 0.625. The lowest BCUT2D eigenvalue weighted by Crippen LogP contribution is -2.36. The van der Waals surface area contributed by atoms with Crippen molar-refractivity contribution in [3.63, 3.8) is 0 Å². The molecule has 1 aromatic rings. The number of carbonyl (C=O) groups excluding carboxylic acids is 1. The van der Waals surface area contributed by atoms with Crippen LogP contribution < -0.4 is 10.2 Å². The van der Waals surface area contributed by atoms with Crippen molar-refractivity contribution >= 4 is 27.2 Å². The van der Waals surface area contributed by atoms with Crippen molar-refractivity contribution in [2.75, 3.05) is 28.3 Å². The number of pyridine rings is 1. The molecule has 1 aromatic heterocycles. The molecule has 1 saturated heterocycles. The van der Waals surface area contributed by atoms with Gasteiger partial charge in [-0.2, -0.15) is 0 Å². The first-order valence-electron chi connectivity index (χ1n) is 8.22. The summed E-state index contributed by atoms with van der Waals surface area (Å²) in [7, 11) is -2.91. The maximum atomic E-state index is 11.9. The number of nitrogens with zero attached hydrogens (tertiary/aromatic N) is 2. The molecule has 0 radical (unpaired) electrons. The quantitative estimate of drug-likeness (QED) is 0.887. The van der Waals surface area contributed by atoms with Crippen molar-refractivity contribution in [3.05, 3.63) is 18.3 Å². The van der Waals surface area contributed by atoms with Gasteiger partial charge in [-0.15, -0.1) is 0 Å². The second-order valence-corrected chi connectivity index (χ2v) is 8.59. The van der Waals surface area contributed by atoms with Crippen molar-refractivity contribution in [1.29, 1.82) is 0 Å². The maximum absolute atomic E-state index is 11.9. The van der Waals surface area contributed by atoms with Gasteiger partial charge in [-0.25, -0.2) is 13.4 Å². The van der Waals surface area contributed by atoms with Crippen LogP contribution in [0.2, 0.25) is 0 Å². The first-order chi connectivity index (χ1) is 11.0. The van der Waals surface area contributed by atoms with E-state index in [1.54, 1.807) is 12.3 Å². The van der Waals surface area contributed by atoms with Crippen molar-refractivity contribution < 1.29 is 13.2 Å². The van der Waals surface area contributed by atoms with Gasteiger partial charge < -0.3 is 10.2 Å². The first-order valence-corrected chi connectivity index (χ1v) is 10.0. The largest absolute Gasteiger partial charge is 0.367 e. The van der Waals surface area contributed by atoms with Gasteiger partial charge in [-0.3, -0.25) is 4.79 Å². The lowest BCUT2D eigenvalue weighted by atomic mass is 9.85. The van der Waals surface area contributed by atoms with E-state index in [0.29, 0.717) is 12.2 Å². The van der Waals surface area contributed by atoms with E-state index in [9.17, 15) is 13.2 Å². The Morgan fingerprint density at radius 2 is 2.13 bits per heavy atom. The summed E-state index contributed by atoms with van der Waals surface area (Å²) < 4.78 is 23.4. The van der Waals surface area contributed by atoms with Crippen LogP contribution in [0.4, 0.5) is 11.5 Å². The van der Waals surface area contributed by atoms with Gasteiger partial charge in [-0.05, 0) is 38.3 Å². The van der Waals surface area contributed by atoms with Gasteiger partial charge >= 0.3 is 0 Å². The zero-order chi connectivity index (χ0) is 16.4. The van der Waals surface area contributed by atoms with Gasteiger partial charge in [0.2, 0.25) is 5.91 Å². The van der Waals surface area contributed by atoms with E-state index in [0.717, 1.165) is 31.5 Å². The Hall–Kier alpha value is -1.63. The van der Waals surface area contributed by atoms with Gasteiger partial charge in [0.05, 0.1) is 23.4 Å². The number of nitrogens with one attached hydrogen (secondary N) is 1. The van der Waals surface area contributed by atoms with Crippen molar-refractivity contribution in [1.82, 2.24) is 4.98 Å². The Kier molecular flexibility index (Phi) is 4.57. The number of sulfone groups is 1. The normalized spacial score (nSPS) is 23.3. The Morgan fingerprint density at radius 1 is 1.35 bits per heavy atom. The molecule has 1 atom stereocenters. The molecule has 1 unspecified atom stereocenters. The van der Waals surface area contributed by atoms with Crippen LogP contribution in [0.3, 0.4) is 0 Å². The molecular formula is C16H23N3O3S. The van der Waals surface area contributed by atoms with Crippen LogP contribution in [0.25, 0.3) is 0 Å². The Bertz CT molecular complexity index is 668. The average molecular weight is 337 g/mol. The number of rotatable bonds is 5. The molecule has 126 valence electrons. The maximum Gasteiger partial charge on any atom is 0.228 e. The highest BCUT2D eigenvalue weighted by atomic mass is 32.2. The van der Waals surface area contributed by atoms with Crippen LogP contribution in [0.5, 0.6) is 0 Å². The fourth-order valence-corrected chi connectivity index (χ4v) is 4.93. The smallest absolute Gasteiger partial charge is 0.228 e. The highest BCUT2D eigenvalue weighted by Gasteiger charge is 2.32. The summed E-state index contributed by atoms with van der Waals surface area (Å²) in [4.78, 5) is 18.3.